The number of para-hydroxylation sites is 1. The van der Waals surface area contributed by atoms with Crippen LogP contribution in [0.4, 0.5) is 9.52 Å². The molecule has 2 heterocycles. The molecule has 5 nitrogen and oxygen atoms in total. The Bertz CT molecular complexity index is 1200. The van der Waals surface area contributed by atoms with Crippen LogP contribution in [0, 0.1) is 12.7 Å². The molecule has 0 saturated carbocycles. The molecule has 30 heavy (non-hydrogen) atoms. The molecule has 2 aromatic heterocycles. The number of aryl methyl sites for hydroxylation is 1. The van der Waals surface area contributed by atoms with E-state index in [2.05, 4.69) is 9.97 Å². The summed E-state index contributed by atoms with van der Waals surface area (Å²) < 4.78 is 20.2. The number of carbonyl (C=O) groups excluding carboxylic acids is 1. The molecule has 0 spiro atoms. The van der Waals surface area contributed by atoms with E-state index in [4.69, 9.17) is 16.3 Å². The molecule has 0 atom stereocenters. The zero-order valence-corrected chi connectivity index (χ0v) is 17.6. The van der Waals surface area contributed by atoms with Gasteiger partial charge in [0.25, 0.3) is 5.91 Å². The molecule has 0 aliphatic carbocycles. The standard InChI is InChI=1S/C22H17ClFN3O2S/c1-14-16(23)8-9-19-21(14)26-22(30-19)27(12-15-5-4-10-25-11-15)20(28)13-29-18-7-3-2-6-17(18)24/h2-11H,12-13H2,1H3. The van der Waals surface area contributed by atoms with Gasteiger partial charge in [-0.1, -0.05) is 41.1 Å². The second kappa shape index (κ2) is 8.77. The number of rotatable bonds is 6. The third-order valence-corrected chi connectivity index (χ3v) is 5.97. The fourth-order valence-corrected chi connectivity index (χ4v) is 4.11. The Balaban J connectivity index is 1.65. The second-order valence-electron chi connectivity index (χ2n) is 6.58. The van der Waals surface area contributed by atoms with Crippen LogP contribution in [0.15, 0.2) is 60.9 Å². The van der Waals surface area contributed by atoms with Gasteiger partial charge in [-0.15, -0.1) is 0 Å². The summed E-state index contributed by atoms with van der Waals surface area (Å²) in [5, 5.41) is 1.13. The Morgan fingerprint density at radius 3 is 2.80 bits per heavy atom. The number of pyridine rings is 1. The predicted molar refractivity (Wildman–Crippen MR) is 117 cm³/mol. The number of hydrogen-bond acceptors (Lipinski definition) is 5. The number of nitrogens with zero attached hydrogens (tertiary/aromatic N) is 3. The Morgan fingerprint density at radius 2 is 2.03 bits per heavy atom. The number of carbonyl (C=O) groups is 1. The van der Waals surface area contributed by atoms with Gasteiger partial charge in [0, 0.05) is 17.4 Å². The highest BCUT2D eigenvalue weighted by Crippen LogP contribution is 2.34. The maximum atomic E-state index is 13.9. The largest absolute Gasteiger partial charge is 0.481 e. The van der Waals surface area contributed by atoms with Gasteiger partial charge in [-0.25, -0.2) is 9.37 Å². The summed E-state index contributed by atoms with van der Waals surface area (Å²) in [6, 6.07) is 13.4. The first kappa shape index (κ1) is 20.3. The van der Waals surface area contributed by atoms with Gasteiger partial charge in [-0.05, 0) is 48.4 Å². The Hall–Kier alpha value is -3.03. The molecule has 152 valence electrons. The number of ether oxygens (including phenoxy) is 1. The smallest absolute Gasteiger partial charge is 0.267 e. The van der Waals surface area contributed by atoms with Gasteiger partial charge in [0.05, 0.1) is 16.8 Å². The number of hydrogen-bond donors (Lipinski definition) is 0. The third kappa shape index (κ3) is 4.27. The van der Waals surface area contributed by atoms with Crippen molar-refractivity contribution in [3.8, 4) is 5.75 Å². The Kier molecular flexibility index (Phi) is 5.92. The first-order chi connectivity index (χ1) is 14.5. The lowest BCUT2D eigenvalue weighted by Gasteiger charge is -2.20. The number of halogens is 2. The zero-order chi connectivity index (χ0) is 21.1. The summed E-state index contributed by atoms with van der Waals surface area (Å²) in [7, 11) is 0. The van der Waals surface area contributed by atoms with E-state index in [1.807, 2.05) is 25.1 Å². The molecule has 0 N–H and O–H groups in total. The van der Waals surface area contributed by atoms with Gasteiger partial charge in [0.2, 0.25) is 0 Å². The number of fused-ring (bicyclic) bond motifs is 1. The summed E-state index contributed by atoms with van der Waals surface area (Å²) in [5.74, 6) is -0.835. The van der Waals surface area contributed by atoms with Crippen LogP contribution >= 0.6 is 22.9 Å². The van der Waals surface area contributed by atoms with Crippen molar-refractivity contribution in [2.24, 2.45) is 0 Å². The van der Waals surface area contributed by atoms with E-state index in [0.29, 0.717) is 10.2 Å². The third-order valence-electron chi connectivity index (χ3n) is 4.52. The topological polar surface area (TPSA) is 55.3 Å². The minimum Gasteiger partial charge on any atom is -0.481 e. The van der Waals surface area contributed by atoms with E-state index in [9.17, 15) is 9.18 Å². The summed E-state index contributed by atoms with van der Waals surface area (Å²) in [6.07, 6.45) is 3.35. The fourth-order valence-electron chi connectivity index (χ4n) is 2.92. The van der Waals surface area contributed by atoms with Gasteiger partial charge in [0.15, 0.2) is 23.3 Å². The Labute approximate surface area is 181 Å². The molecule has 0 unspecified atom stereocenters. The highest BCUT2D eigenvalue weighted by Gasteiger charge is 2.22. The van der Waals surface area contributed by atoms with Gasteiger partial charge >= 0.3 is 0 Å². The van der Waals surface area contributed by atoms with Crippen LogP contribution in [0.3, 0.4) is 0 Å². The van der Waals surface area contributed by atoms with E-state index in [-0.39, 0.29) is 24.8 Å². The van der Waals surface area contributed by atoms with E-state index in [1.54, 1.807) is 30.6 Å². The molecule has 0 saturated heterocycles. The number of amides is 1. The molecule has 0 aliphatic heterocycles. The second-order valence-corrected chi connectivity index (χ2v) is 7.99. The monoisotopic (exact) mass is 441 g/mol. The molecule has 1 amide bonds. The molecule has 0 bridgehead atoms. The lowest BCUT2D eigenvalue weighted by atomic mass is 10.2. The lowest BCUT2D eigenvalue weighted by molar-refractivity contribution is -0.120. The van der Waals surface area contributed by atoms with Gasteiger partial charge < -0.3 is 4.74 Å². The van der Waals surface area contributed by atoms with Gasteiger partial charge in [-0.3, -0.25) is 14.7 Å². The van der Waals surface area contributed by atoms with Crippen molar-refractivity contribution in [2.45, 2.75) is 13.5 Å². The van der Waals surface area contributed by atoms with Crippen molar-refractivity contribution in [1.82, 2.24) is 9.97 Å². The Morgan fingerprint density at radius 1 is 1.20 bits per heavy atom. The number of thiazole rings is 1. The fraction of sp³-hybridized carbons (Fsp3) is 0.136. The number of anilines is 1. The molecule has 2 aromatic carbocycles. The zero-order valence-electron chi connectivity index (χ0n) is 16.0. The molecule has 0 fully saturated rings. The summed E-state index contributed by atoms with van der Waals surface area (Å²) in [6.45, 7) is 1.83. The van der Waals surface area contributed by atoms with E-state index >= 15 is 0 Å². The summed E-state index contributed by atoms with van der Waals surface area (Å²) >= 11 is 7.61. The van der Waals surface area contributed by atoms with E-state index < -0.39 is 5.82 Å². The van der Waals surface area contributed by atoms with Crippen molar-refractivity contribution in [3.63, 3.8) is 0 Å². The van der Waals surface area contributed by atoms with Crippen molar-refractivity contribution in [2.75, 3.05) is 11.5 Å². The van der Waals surface area contributed by atoms with Crippen LogP contribution in [0.5, 0.6) is 5.75 Å². The minimum atomic E-state index is -0.519. The van der Waals surface area contributed by atoms with Crippen molar-refractivity contribution in [3.05, 3.63) is 82.9 Å². The quantitative estimate of drug-likeness (QED) is 0.401. The van der Waals surface area contributed by atoms with Crippen molar-refractivity contribution >= 4 is 44.2 Å². The highest BCUT2D eigenvalue weighted by atomic mass is 35.5. The minimum absolute atomic E-state index is 0.0269. The number of aromatic nitrogens is 2. The van der Waals surface area contributed by atoms with Crippen LogP contribution in [0.1, 0.15) is 11.1 Å². The van der Waals surface area contributed by atoms with Crippen LogP contribution in [0.25, 0.3) is 10.2 Å². The molecule has 4 aromatic rings. The molecule has 0 radical (unpaired) electrons. The first-order valence-corrected chi connectivity index (χ1v) is 10.3. The normalized spacial score (nSPS) is 10.9. The van der Waals surface area contributed by atoms with Crippen LogP contribution in [-0.2, 0) is 11.3 Å². The molecular formula is C22H17ClFN3O2S. The first-order valence-electron chi connectivity index (χ1n) is 9.15. The number of benzene rings is 2. The lowest BCUT2D eigenvalue weighted by Crippen LogP contribution is -2.34. The van der Waals surface area contributed by atoms with Crippen LogP contribution in [-0.4, -0.2) is 22.5 Å². The predicted octanol–water partition coefficient (Wildman–Crippen LogP) is 5.40. The van der Waals surface area contributed by atoms with E-state index in [1.165, 1.54) is 28.4 Å². The summed E-state index contributed by atoms with van der Waals surface area (Å²) in [5.41, 5.74) is 2.44. The molecule has 0 aliphatic rings. The van der Waals surface area contributed by atoms with Crippen LogP contribution in [0.2, 0.25) is 5.02 Å². The highest BCUT2D eigenvalue weighted by molar-refractivity contribution is 7.22. The molecule has 4 rings (SSSR count). The SMILES string of the molecule is Cc1c(Cl)ccc2sc(N(Cc3cccnc3)C(=O)COc3ccccc3F)nc12. The van der Waals surface area contributed by atoms with Crippen molar-refractivity contribution in [1.29, 1.82) is 0 Å². The average Bonchev–Trinajstić information content (AvgIpc) is 3.19. The van der Waals surface area contributed by atoms with Gasteiger partial charge in [-0.2, -0.15) is 0 Å². The molecule has 8 heteroatoms. The average molecular weight is 442 g/mol. The van der Waals surface area contributed by atoms with Crippen molar-refractivity contribution < 1.29 is 13.9 Å². The molecular weight excluding hydrogens is 425 g/mol. The maximum Gasteiger partial charge on any atom is 0.267 e. The maximum absolute atomic E-state index is 13.9. The summed E-state index contributed by atoms with van der Waals surface area (Å²) in [4.78, 5) is 23.3. The van der Waals surface area contributed by atoms with E-state index in [0.717, 1.165) is 21.3 Å². The van der Waals surface area contributed by atoms with Crippen LogP contribution < -0.4 is 9.64 Å². The van der Waals surface area contributed by atoms with Gasteiger partial charge in [0.1, 0.15) is 0 Å².